The third kappa shape index (κ3) is 5.53. The maximum Gasteiger partial charge on any atom is 0.407 e. The van der Waals surface area contributed by atoms with Gasteiger partial charge in [-0.2, -0.15) is 8.61 Å². The zero-order chi connectivity index (χ0) is 25.1. The number of nitrogens with zero attached hydrogens (tertiary/aromatic N) is 3. The number of piperidine rings is 1. The van der Waals surface area contributed by atoms with Crippen molar-refractivity contribution in [1.29, 1.82) is 0 Å². The van der Waals surface area contributed by atoms with Crippen LogP contribution < -0.4 is 5.32 Å². The number of carbonyl (C=O) groups is 2. The number of amides is 2. The molecule has 1 aromatic rings. The minimum atomic E-state index is -3.91. The van der Waals surface area contributed by atoms with Gasteiger partial charge in [-0.1, -0.05) is 13.8 Å². The first-order chi connectivity index (χ1) is 16.0. The summed E-state index contributed by atoms with van der Waals surface area (Å²) < 4.78 is 54.2. The van der Waals surface area contributed by atoms with Crippen molar-refractivity contribution in [2.75, 3.05) is 39.3 Å². The number of hydrogen-bond acceptors (Lipinski definition) is 6. The summed E-state index contributed by atoms with van der Waals surface area (Å²) in [4.78, 5) is 25.1. The second kappa shape index (κ2) is 10.6. The molecule has 0 spiro atoms. The Hall–Kier alpha value is -2.22. The second-order valence-corrected chi connectivity index (χ2v) is 12.4. The van der Waals surface area contributed by atoms with E-state index in [1.807, 2.05) is 0 Å². The van der Waals surface area contributed by atoms with Gasteiger partial charge in [-0.15, -0.1) is 0 Å². The summed E-state index contributed by atoms with van der Waals surface area (Å²) >= 11 is 0. The first kappa shape index (κ1) is 26.4. The first-order valence-corrected chi connectivity index (χ1v) is 14.3. The Morgan fingerprint density at radius 2 is 1.62 bits per heavy atom. The van der Waals surface area contributed by atoms with Crippen molar-refractivity contribution in [3.63, 3.8) is 0 Å². The molecule has 11 nitrogen and oxygen atoms in total. The van der Waals surface area contributed by atoms with Gasteiger partial charge in [0.2, 0.25) is 26.0 Å². The van der Waals surface area contributed by atoms with Gasteiger partial charge in [0, 0.05) is 45.3 Å². The minimum absolute atomic E-state index is 0.0169. The van der Waals surface area contributed by atoms with Crippen LogP contribution in [0.2, 0.25) is 0 Å². The second-order valence-electron chi connectivity index (χ2n) is 8.49. The topological polar surface area (TPSA) is 144 Å². The Kier molecular flexibility index (Phi) is 8.22. The van der Waals surface area contributed by atoms with Gasteiger partial charge in [-0.3, -0.25) is 4.79 Å². The molecule has 2 N–H and O–H groups in total. The Bertz CT molecular complexity index is 1100. The van der Waals surface area contributed by atoms with Gasteiger partial charge in [0.25, 0.3) is 0 Å². The van der Waals surface area contributed by atoms with Crippen molar-refractivity contribution in [1.82, 2.24) is 18.8 Å². The lowest BCUT2D eigenvalue weighted by Gasteiger charge is -2.32. The summed E-state index contributed by atoms with van der Waals surface area (Å²) in [5, 5.41) is 11.9. The number of nitrogens with one attached hydrogen (secondary N) is 1. The van der Waals surface area contributed by atoms with Gasteiger partial charge >= 0.3 is 6.09 Å². The molecular weight excluding hydrogens is 484 g/mol. The molecule has 13 heteroatoms. The van der Waals surface area contributed by atoms with Crippen LogP contribution in [0.1, 0.15) is 33.1 Å². The zero-order valence-corrected chi connectivity index (χ0v) is 21.0. The van der Waals surface area contributed by atoms with Gasteiger partial charge in [-0.25, -0.2) is 21.6 Å². The smallest absolute Gasteiger partial charge is 0.407 e. The first-order valence-electron chi connectivity index (χ1n) is 11.4. The number of hydrogen-bond donors (Lipinski definition) is 2. The number of carboxylic acid groups (broad SMARTS) is 1. The van der Waals surface area contributed by atoms with Crippen molar-refractivity contribution in [3.05, 3.63) is 24.3 Å². The molecule has 2 aliphatic rings. The maximum atomic E-state index is 13.2. The molecule has 0 radical (unpaired) electrons. The number of benzene rings is 1. The summed E-state index contributed by atoms with van der Waals surface area (Å²) in [7, 11) is -7.61. The fraction of sp³-hybridized carbons (Fsp3) is 0.619. The minimum Gasteiger partial charge on any atom is -0.465 e. The summed E-state index contributed by atoms with van der Waals surface area (Å²) in [6.07, 6.45) is 0.546. The van der Waals surface area contributed by atoms with E-state index in [1.165, 1.54) is 37.8 Å². The van der Waals surface area contributed by atoms with Crippen LogP contribution in [0.3, 0.4) is 0 Å². The van der Waals surface area contributed by atoms with Crippen LogP contribution in [0.25, 0.3) is 0 Å². The van der Waals surface area contributed by atoms with E-state index in [0.29, 0.717) is 38.9 Å². The molecule has 2 saturated heterocycles. The lowest BCUT2D eigenvalue weighted by Crippen LogP contribution is -2.48. The zero-order valence-electron chi connectivity index (χ0n) is 19.4. The van der Waals surface area contributed by atoms with E-state index in [4.69, 9.17) is 5.11 Å². The Morgan fingerprint density at radius 1 is 1.00 bits per heavy atom. The van der Waals surface area contributed by atoms with E-state index in [0.717, 1.165) is 0 Å². The van der Waals surface area contributed by atoms with Crippen molar-refractivity contribution in [2.24, 2.45) is 5.92 Å². The summed E-state index contributed by atoms with van der Waals surface area (Å²) in [6.45, 7) is 4.95. The van der Waals surface area contributed by atoms with Crippen LogP contribution in [-0.4, -0.2) is 92.8 Å². The van der Waals surface area contributed by atoms with Crippen LogP contribution in [0.4, 0.5) is 4.79 Å². The molecule has 1 aromatic carbocycles. The van der Waals surface area contributed by atoms with E-state index in [1.54, 1.807) is 13.8 Å². The third-order valence-electron chi connectivity index (χ3n) is 6.36. The summed E-state index contributed by atoms with van der Waals surface area (Å²) in [5.41, 5.74) is 0. The van der Waals surface area contributed by atoms with E-state index in [2.05, 4.69) is 5.32 Å². The van der Waals surface area contributed by atoms with E-state index in [9.17, 15) is 26.4 Å². The number of likely N-dealkylation sites (tertiary alicyclic amines) is 1. The normalized spacial score (nSPS) is 22.1. The SMILES string of the molecule is CCN(CC)S(=O)(=O)c1ccc(S(=O)(=O)N2CCC[C@@H](C(=O)N[C@H]3CCN(C(=O)O)C3)C2)cc1. The van der Waals surface area contributed by atoms with Gasteiger partial charge < -0.3 is 15.3 Å². The predicted octanol–water partition coefficient (Wildman–Crippen LogP) is 0.986. The average Bonchev–Trinajstić information content (AvgIpc) is 3.29. The van der Waals surface area contributed by atoms with Crippen LogP contribution in [-0.2, 0) is 24.8 Å². The molecule has 2 amide bonds. The molecule has 2 aliphatic heterocycles. The fourth-order valence-electron chi connectivity index (χ4n) is 4.39. The van der Waals surface area contributed by atoms with E-state index in [-0.39, 0.29) is 41.4 Å². The molecule has 0 saturated carbocycles. The van der Waals surface area contributed by atoms with Crippen LogP contribution in [0, 0.1) is 5.92 Å². The Morgan fingerprint density at radius 3 is 2.18 bits per heavy atom. The highest BCUT2D eigenvalue weighted by Gasteiger charge is 2.35. The molecule has 0 aliphatic carbocycles. The molecule has 2 heterocycles. The lowest BCUT2D eigenvalue weighted by atomic mass is 9.98. The molecule has 2 atom stereocenters. The van der Waals surface area contributed by atoms with Crippen molar-refractivity contribution < 1.29 is 31.5 Å². The lowest BCUT2D eigenvalue weighted by molar-refractivity contribution is -0.126. The van der Waals surface area contributed by atoms with Gasteiger partial charge in [-0.05, 0) is 43.5 Å². The largest absolute Gasteiger partial charge is 0.465 e. The summed E-state index contributed by atoms with van der Waals surface area (Å²) in [6, 6.07) is 4.88. The fourth-order valence-corrected chi connectivity index (χ4v) is 7.37. The van der Waals surface area contributed by atoms with Gasteiger partial charge in [0.15, 0.2) is 0 Å². The standard InChI is InChI=1S/C21H32N4O7S2/c1-3-24(4-2)33(29,30)18-7-9-19(10-8-18)34(31,32)25-12-5-6-16(14-25)20(26)22-17-11-13-23(15-17)21(27)28/h7-10,16-17H,3-6,11-15H2,1-2H3,(H,22,26)(H,27,28)/t16-,17+/m1/s1. The van der Waals surface area contributed by atoms with Gasteiger partial charge in [0.1, 0.15) is 0 Å². The molecule has 0 unspecified atom stereocenters. The Labute approximate surface area is 200 Å². The van der Waals surface area contributed by atoms with Crippen molar-refractivity contribution in [3.8, 4) is 0 Å². The number of carbonyl (C=O) groups excluding carboxylic acids is 1. The molecule has 34 heavy (non-hydrogen) atoms. The molecule has 190 valence electrons. The summed E-state index contributed by atoms with van der Waals surface area (Å²) in [5.74, 6) is -0.817. The van der Waals surface area contributed by atoms with Crippen LogP contribution >= 0.6 is 0 Å². The highest BCUT2D eigenvalue weighted by atomic mass is 32.2. The average molecular weight is 517 g/mol. The predicted molar refractivity (Wildman–Crippen MR) is 124 cm³/mol. The maximum absolute atomic E-state index is 13.2. The Balaban J connectivity index is 1.68. The monoisotopic (exact) mass is 516 g/mol. The molecule has 0 bridgehead atoms. The van der Waals surface area contributed by atoms with Gasteiger partial charge in [0.05, 0.1) is 15.7 Å². The number of sulfonamides is 2. The molecule has 3 rings (SSSR count). The molecule has 2 fully saturated rings. The molecule has 0 aromatic heterocycles. The van der Waals surface area contributed by atoms with Crippen LogP contribution in [0.15, 0.2) is 34.1 Å². The third-order valence-corrected chi connectivity index (χ3v) is 10.3. The van der Waals surface area contributed by atoms with E-state index >= 15 is 0 Å². The van der Waals surface area contributed by atoms with Crippen molar-refractivity contribution >= 4 is 32.0 Å². The number of rotatable bonds is 8. The highest BCUT2D eigenvalue weighted by Crippen LogP contribution is 2.26. The molecular formula is C21H32N4O7S2. The van der Waals surface area contributed by atoms with E-state index < -0.39 is 32.1 Å². The quantitative estimate of drug-likeness (QED) is 0.524. The van der Waals surface area contributed by atoms with Crippen LogP contribution in [0.5, 0.6) is 0 Å². The highest BCUT2D eigenvalue weighted by molar-refractivity contribution is 7.89. The van der Waals surface area contributed by atoms with Crippen molar-refractivity contribution in [2.45, 2.75) is 48.9 Å².